The van der Waals surface area contributed by atoms with Crippen LogP contribution in [0.15, 0.2) is 78.4 Å². The molecule has 4 rings (SSSR count). The first-order valence-electron chi connectivity index (χ1n) is 11.2. The zero-order chi connectivity index (χ0) is 24.4. The number of phenols is 1. The Hall–Kier alpha value is -4.06. The van der Waals surface area contributed by atoms with E-state index >= 15 is 0 Å². The Morgan fingerprint density at radius 3 is 2.41 bits per heavy atom. The number of amides is 1. The quantitative estimate of drug-likeness (QED) is 0.296. The molecule has 0 saturated carbocycles. The number of benzene rings is 3. The lowest BCUT2D eigenvalue weighted by molar-refractivity contribution is -0.132. The smallest absolute Gasteiger partial charge is 0.300 e. The van der Waals surface area contributed by atoms with E-state index in [4.69, 9.17) is 4.74 Å². The van der Waals surface area contributed by atoms with Gasteiger partial charge in [-0.3, -0.25) is 14.5 Å². The van der Waals surface area contributed by atoms with Gasteiger partial charge in [-0.05, 0) is 48.2 Å². The summed E-state index contributed by atoms with van der Waals surface area (Å²) < 4.78 is 5.78. The molecule has 34 heavy (non-hydrogen) atoms. The molecule has 1 aliphatic heterocycles. The van der Waals surface area contributed by atoms with Gasteiger partial charge in [-0.2, -0.15) is 0 Å². The number of rotatable bonds is 6. The van der Waals surface area contributed by atoms with Crippen LogP contribution in [0.5, 0.6) is 11.5 Å². The molecule has 6 heteroatoms. The van der Waals surface area contributed by atoms with Crippen molar-refractivity contribution in [2.45, 2.75) is 26.8 Å². The highest BCUT2D eigenvalue weighted by atomic mass is 16.5. The Morgan fingerprint density at radius 2 is 1.71 bits per heavy atom. The van der Waals surface area contributed by atoms with Crippen LogP contribution >= 0.6 is 0 Å². The highest BCUT2D eigenvalue weighted by Crippen LogP contribution is 2.45. The van der Waals surface area contributed by atoms with Crippen molar-refractivity contribution in [3.8, 4) is 11.5 Å². The van der Waals surface area contributed by atoms with Crippen LogP contribution in [0.3, 0.4) is 0 Å². The van der Waals surface area contributed by atoms with Gasteiger partial charge in [-0.1, -0.05) is 62.4 Å². The molecule has 1 amide bonds. The number of Topliss-reactive ketones (excluding diaryl/α,β-unsaturated/α-hetero) is 1. The number of aromatic hydroxyl groups is 1. The zero-order valence-corrected chi connectivity index (χ0v) is 19.4. The van der Waals surface area contributed by atoms with Crippen molar-refractivity contribution >= 4 is 23.1 Å². The SMILES string of the molecule is Cc1ccccc1C1/C(=C(\O)c2cccc(OCC(C)C)c2)C(=O)C(=O)N1c1ccccc1O. The van der Waals surface area contributed by atoms with E-state index in [1.54, 1.807) is 42.5 Å². The van der Waals surface area contributed by atoms with Crippen LogP contribution in [0.25, 0.3) is 5.76 Å². The first kappa shape index (κ1) is 23.1. The minimum Gasteiger partial charge on any atom is -0.507 e. The number of hydrogen-bond acceptors (Lipinski definition) is 5. The molecule has 6 nitrogen and oxygen atoms in total. The molecule has 1 heterocycles. The van der Waals surface area contributed by atoms with Gasteiger partial charge in [0.15, 0.2) is 0 Å². The Balaban J connectivity index is 1.90. The Morgan fingerprint density at radius 1 is 1.00 bits per heavy atom. The van der Waals surface area contributed by atoms with Crippen LogP contribution in [0, 0.1) is 12.8 Å². The van der Waals surface area contributed by atoms with E-state index in [1.165, 1.54) is 11.0 Å². The standard InChI is InChI=1S/C28H27NO5/c1-17(2)16-34-20-11-8-10-19(15-20)26(31)24-25(21-12-5-4-9-18(21)3)29(28(33)27(24)32)22-13-6-7-14-23(22)30/h4-15,17,25,30-31H,16H2,1-3H3/b26-24+. The largest absolute Gasteiger partial charge is 0.507 e. The molecular weight excluding hydrogens is 430 g/mol. The average Bonchev–Trinajstić information content (AvgIpc) is 3.08. The predicted octanol–water partition coefficient (Wildman–Crippen LogP) is 5.36. The monoisotopic (exact) mass is 457 g/mol. The second-order valence-corrected chi connectivity index (χ2v) is 8.75. The third-order valence-corrected chi connectivity index (χ3v) is 5.76. The minimum atomic E-state index is -0.908. The molecule has 3 aromatic rings. The second-order valence-electron chi connectivity index (χ2n) is 8.75. The number of ketones is 1. The number of phenolic OH excluding ortho intramolecular Hbond substituents is 1. The summed E-state index contributed by atoms with van der Waals surface area (Å²) in [7, 11) is 0. The van der Waals surface area contributed by atoms with E-state index in [0.717, 1.165) is 5.56 Å². The molecule has 3 aromatic carbocycles. The molecule has 174 valence electrons. The van der Waals surface area contributed by atoms with Crippen LogP contribution in [0.2, 0.25) is 0 Å². The number of aryl methyl sites for hydroxylation is 1. The summed E-state index contributed by atoms with van der Waals surface area (Å²) in [6.45, 7) is 6.45. The van der Waals surface area contributed by atoms with Crippen molar-refractivity contribution < 1.29 is 24.5 Å². The Labute approximate surface area is 198 Å². The fourth-order valence-electron chi connectivity index (χ4n) is 4.09. The van der Waals surface area contributed by atoms with Gasteiger partial charge in [0, 0.05) is 5.56 Å². The normalized spacial score (nSPS) is 17.4. The summed E-state index contributed by atoms with van der Waals surface area (Å²) in [5.74, 6) is -1.18. The van der Waals surface area contributed by atoms with Crippen LogP contribution in [0.4, 0.5) is 5.69 Å². The van der Waals surface area contributed by atoms with E-state index in [0.29, 0.717) is 29.4 Å². The molecule has 0 spiro atoms. The van der Waals surface area contributed by atoms with Crippen molar-refractivity contribution in [2.75, 3.05) is 11.5 Å². The molecule has 1 atom stereocenters. The van der Waals surface area contributed by atoms with Crippen molar-refractivity contribution in [3.05, 3.63) is 95.1 Å². The number of hydrogen-bond donors (Lipinski definition) is 2. The molecular formula is C28H27NO5. The first-order chi connectivity index (χ1) is 16.3. The number of carbonyl (C=O) groups is 2. The Kier molecular flexibility index (Phi) is 6.41. The fraction of sp³-hybridized carbons (Fsp3) is 0.214. The first-order valence-corrected chi connectivity index (χ1v) is 11.2. The number of carbonyl (C=O) groups excluding carboxylic acids is 2. The highest BCUT2D eigenvalue weighted by molar-refractivity contribution is 6.52. The average molecular weight is 458 g/mol. The summed E-state index contributed by atoms with van der Waals surface area (Å²) in [4.78, 5) is 27.8. The molecule has 1 saturated heterocycles. The van der Waals surface area contributed by atoms with Crippen molar-refractivity contribution in [3.63, 3.8) is 0 Å². The van der Waals surface area contributed by atoms with Gasteiger partial charge in [0.2, 0.25) is 0 Å². The third-order valence-electron chi connectivity index (χ3n) is 5.76. The van der Waals surface area contributed by atoms with Crippen molar-refractivity contribution in [1.29, 1.82) is 0 Å². The summed E-state index contributed by atoms with van der Waals surface area (Å²) >= 11 is 0. The highest BCUT2D eigenvalue weighted by Gasteiger charge is 2.48. The number of nitrogens with zero attached hydrogens (tertiary/aromatic N) is 1. The number of para-hydroxylation sites is 2. The molecule has 1 unspecified atom stereocenters. The molecule has 2 N–H and O–H groups in total. The lowest BCUT2D eigenvalue weighted by Gasteiger charge is -2.27. The maximum Gasteiger partial charge on any atom is 0.300 e. The summed E-state index contributed by atoms with van der Waals surface area (Å²) in [5.41, 5.74) is 2.05. The second kappa shape index (κ2) is 9.43. The maximum atomic E-state index is 13.3. The van der Waals surface area contributed by atoms with E-state index in [-0.39, 0.29) is 22.8 Å². The van der Waals surface area contributed by atoms with E-state index in [2.05, 4.69) is 0 Å². The van der Waals surface area contributed by atoms with Gasteiger partial charge >= 0.3 is 0 Å². The molecule has 1 aliphatic rings. The molecule has 0 radical (unpaired) electrons. The van der Waals surface area contributed by atoms with E-state index in [1.807, 2.05) is 45.0 Å². The topological polar surface area (TPSA) is 87.1 Å². The summed E-state index contributed by atoms with van der Waals surface area (Å²) in [6, 6.07) is 19.6. The molecule has 0 aliphatic carbocycles. The van der Waals surface area contributed by atoms with Gasteiger partial charge in [0.25, 0.3) is 11.7 Å². The van der Waals surface area contributed by atoms with E-state index < -0.39 is 17.7 Å². The third kappa shape index (κ3) is 4.27. The van der Waals surface area contributed by atoms with Crippen molar-refractivity contribution in [1.82, 2.24) is 0 Å². The Bertz CT molecular complexity index is 1280. The lowest BCUT2D eigenvalue weighted by atomic mass is 9.92. The van der Waals surface area contributed by atoms with Crippen LogP contribution in [-0.4, -0.2) is 28.5 Å². The molecule has 0 bridgehead atoms. The number of aliphatic hydroxyl groups is 1. The summed E-state index contributed by atoms with van der Waals surface area (Å²) in [5, 5.41) is 21.8. The van der Waals surface area contributed by atoms with Gasteiger partial charge in [0.1, 0.15) is 17.3 Å². The number of aliphatic hydroxyl groups excluding tert-OH is 1. The number of anilines is 1. The van der Waals surface area contributed by atoms with Crippen LogP contribution < -0.4 is 9.64 Å². The number of ether oxygens (including phenoxy) is 1. The summed E-state index contributed by atoms with van der Waals surface area (Å²) in [6.07, 6.45) is 0. The zero-order valence-electron chi connectivity index (χ0n) is 19.4. The fourth-order valence-corrected chi connectivity index (χ4v) is 4.09. The lowest BCUT2D eigenvalue weighted by Crippen LogP contribution is -2.29. The maximum absolute atomic E-state index is 13.3. The van der Waals surface area contributed by atoms with Gasteiger partial charge in [0.05, 0.1) is 23.9 Å². The van der Waals surface area contributed by atoms with Crippen molar-refractivity contribution in [2.24, 2.45) is 5.92 Å². The van der Waals surface area contributed by atoms with Gasteiger partial charge in [-0.15, -0.1) is 0 Å². The van der Waals surface area contributed by atoms with Gasteiger partial charge < -0.3 is 14.9 Å². The molecule has 0 aromatic heterocycles. The van der Waals surface area contributed by atoms with Crippen LogP contribution in [-0.2, 0) is 9.59 Å². The van der Waals surface area contributed by atoms with Crippen LogP contribution in [0.1, 0.15) is 36.6 Å². The molecule has 1 fully saturated rings. The van der Waals surface area contributed by atoms with E-state index in [9.17, 15) is 19.8 Å². The van der Waals surface area contributed by atoms with Gasteiger partial charge in [-0.25, -0.2) is 0 Å². The minimum absolute atomic E-state index is 0.0384. The predicted molar refractivity (Wildman–Crippen MR) is 131 cm³/mol.